The monoisotopic (exact) mass is 410 g/mol. The Morgan fingerprint density at radius 3 is 2.92 bits per heavy atom. The average molecular weight is 410 g/mol. The summed E-state index contributed by atoms with van der Waals surface area (Å²) in [6, 6.07) is 0. The van der Waals surface area contributed by atoms with E-state index < -0.39 is 0 Å². The van der Waals surface area contributed by atoms with E-state index in [9.17, 15) is 4.91 Å². The topological polar surface area (TPSA) is 43.5 Å². The number of nitroso groups, excluding NO2 is 1. The second-order valence-corrected chi connectivity index (χ2v) is 2.21. The van der Waals surface area contributed by atoms with Gasteiger partial charge in [-0.3, -0.25) is 0 Å². The molecule has 12 heavy (non-hydrogen) atoms. The van der Waals surface area contributed by atoms with Crippen molar-refractivity contribution < 1.29 is 0 Å². The van der Waals surface area contributed by atoms with Crippen LogP contribution in [0.1, 0.15) is 6.92 Å². The van der Waals surface area contributed by atoms with Gasteiger partial charge in [-0.25, -0.2) is 0 Å². The molecule has 0 saturated heterocycles. The SMILES string of the molecule is C[C-]1C=CC=CC(N=[N+]=O)=C1.[Lr]. The summed E-state index contributed by atoms with van der Waals surface area (Å²) >= 11 is 0. The largest absolute Gasteiger partial charge is 0.379 e. The van der Waals surface area contributed by atoms with Crippen molar-refractivity contribution in [1.29, 1.82) is 0 Å². The maximum Gasteiger partial charge on any atom is 0.379 e. The fraction of sp³-hybridized carbons (Fsp3) is 0.125. The van der Waals surface area contributed by atoms with Crippen molar-refractivity contribution in [2.45, 2.75) is 6.92 Å². The van der Waals surface area contributed by atoms with Gasteiger partial charge in [0.1, 0.15) is 5.11 Å². The Kier molecular flexibility index (Phi) is 3.33. The van der Waals surface area contributed by atoms with Crippen molar-refractivity contribution in [2.24, 2.45) is 5.11 Å². The van der Waals surface area contributed by atoms with Crippen LogP contribution < -0.4 is 4.97 Å². The number of hydrogen-bond acceptors (Lipinski definition) is 2. The second-order valence-electron chi connectivity index (χ2n) is 2.21. The minimum atomic E-state index is 0. The van der Waals surface area contributed by atoms with Crippen molar-refractivity contribution in [3.05, 3.63) is 46.9 Å². The third-order valence-electron chi connectivity index (χ3n) is 1.27. The molecule has 0 spiro atoms. The normalized spacial score (nSPS) is 14.1. The first-order valence-electron chi connectivity index (χ1n) is 3.26. The van der Waals surface area contributed by atoms with Crippen LogP contribution in [0, 0.1) is 10.8 Å². The molecule has 0 N–H and O–H groups in total. The molecule has 0 saturated carbocycles. The summed E-state index contributed by atoms with van der Waals surface area (Å²) in [5.74, 6) is 1.05. The van der Waals surface area contributed by atoms with Crippen LogP contribution in [-0.4, -0.2) is 0 Å². The third kappa shape index (κ3) is 2.33. The van der Waals surface area contributed by atoms with E-state index in [0.717, 1.165) is 5.92 Å². The Morgan fingerprint density at radius 1 is 1.50 bits per heavy atom. The van der Waals surface area contributed by atoms with Crippen molar-refractivity contribution in [3.63, 3.8) is 0 Å². The molecule has 71 valence electrons. The number of rotatable bonds is 1. The molecule has 0 amide bonds. The summed E-state index contributed by atoms with van der Waals surface area (Å²) in [5, 5.41) is 3.38. The molecule has 0 aliphatic heterocycles. The van der Waals surface area contributed by atoms with Gasteiger partial charge in [0.25, 0.3) is 0 Å². The van der Waals surface area contributed by atoms with Crippen LogP contribution in [0.5, 0.6) is 0 Å². The van der Waals surface area contributed by atoms with Gasteiger partial charge in [-0.05, 0) is 0 Å². The summed E-state index contributed by atoms with van der Waals surface area (Å²) in [7, 11) is 0. The summed E-state index contributed by atoms with van der Waals surface area (Å²) in [5.41, 5.74) is 0.586. The van der Waals surface area contributed by atoms with Crippen LogP contribution >= 0.6 is 0 Å². The van der Waals surface area contributed by atoms with Crippen molar-refractivity contribution in [1.82, 2.24) is 4.97 Å². The first-order valence-corrected chi connectivity index (χ1v) is 3.26. The Balaban J connectivity index is 0.00000121. The molecule has 0 bridgehead atoms. The van der Waals surface area contributed by atoms with Crippen LogP contribution in [0.15, 0.2) is 41.2 Å². The van der Waals surface area contributed by atoms with E-state index >= 15 is 0 Å². The predicted octanol–water partition coefficient (Wildman–Crippen LogP) is 1.88. The van der Waals surface area contributed by atoms with Gasteiger partial charge in [0.2, 0.25) is 0 Å². The zero-order valence-corrected chi connectivity index (χ0v) is 8.60. The summed E-state index contributed by atoms with van der Waals surface area (Å²) < 4.78 is 0. The van der Waals surface area contributed by atoms with Gasteiger partial charge in [0.15, 0.2) is 4.91 Å². The third-order valence-corrected chi connectivity index (χ3v) is 1.27. The minimum Gasteiger partial charge on any atom is -0.169 e. The second kappa shape index (κ2) is 4.25. The van der Waals surface area contributed by atoms with Crippen LogP contribution in [0.25, 0.3) is 0 Å². The van der Waals surface area contributed by atoms with E-state index in [4.69, 9.17) is 0 Å². The summed E-state index contributed by atoms with van der Waals surface area (Å²) in [6.07, 6.45) is 9.16. The molecule has 4 heteroatoms. The first-order chi connectivity index (χ1) is 5.33. The summed E-state index contributed by atoms with van der Waals surface area (Å²) in [6.45, 7) is 1.93. The summed E-state index contributed by atoms with van der Waals surface area (Å²) in [4.78, 5) is 12.2. The maximum absolute atomic E-state index is 9.77. The quantitative estimate of drug-likeness (QED) is 0.370. The Bertz CT molecular complexity index is 275. The molecule has 0 aromatic carbocycles. The van der Waals surface area contributed by atoms with Gasteiger partial charge in [-0.1, -0.05) is 13.0 Å². The minimum absolute atomic E-state index is 0. The smallest absolute Gasteiger partial charge is 0.169 e. The van der Waals surface area contributed by atoms with Gasteiger partial charge >= 0.3 is 4.97 Å². The predicted molar refractivity (Wildman–Crippen MR) is 43.2 cm³/mol. The molecule has 1 rings (SSSR count). The first kappa shape index (κ1) is 9.40. The Morgan fingerprint density at radius 2 is 2.25 bits per heavy atom. The Hall–Kier alpha value is -2.60. The van der Waals surface area contributed by atoms with Crippen molar-refractivity contribution >= 4 is 0 Å². The van der Waals surface area contributed by atoms with Gasteiger partial charge in [-0.2, -0.15) is 18.1 Å². The van der Waals surface area contributed by atoms with Gasteiger partial charge < -0.3 is 0 Å². The van der Waals surface area contributed by atoms with Crippen molar-refractivity contribution in [3.8, 4) is 0 Å². The average Bonchev–Trinajstić information content (AvgIpc) is 2.15. The van der Waals surface area contributed by atoms with E-state index in [-0.39, 0.29) is 0 Å². The molecule has 1 aliphatic rings. The Labute approximate surface area is 64.8 Å². The number of allylic oxidation sites excluding steroid dienone is 5. The molecule has 1 aliphatic carbocycles. The molecular formula is C8H8LrN2O. The molecule has 1 radical (unpaired) electrons. The maximum atomic E-state index is 9.77. The zero-order valence-electron chi connectivity index (χ0n) is 6.45. The van der Waals surface area contributed by atoms with E-state index in [1.165, 1.54) is 0 Å². The van der Waals surface area contributed by atoms with Crippen LogP contribution in [0.3, 0.4) is 0 Å². The van der Waals surface area contributed by atoms with E-state index in [0.29, 0.717) is 5.70 Å². The molecule has 0 aromatic heterocycles. The van der Waals surface area contributed by atoms with Gasteiger partial charge in [-0.15, -0.1) is 12.2 Å². The van der Waals surface area contributed by atoms with E-state index in [1.54, 1.807) is 12.2 Å². The molecular weight excluding hydrogens is 402 g/mol. The fourth-order valence-corrected chi connectivity index (χ4v) is 0.800. The standard InChI is InChI=1S/C8H8N2O.Lr/c1-7-4-2-3-5-8(6-7)9-10-11;/h2-6H,1H3;. The number of hydrogen-bond donors (Lipinski definition) is 0. The molecule has 0 aromatic rings. The van der Waals surface area contributed by atoms with Gasteiger partial charge in [0, 0.05) is 0 Å². The van der Waals surface area contributed by atoms with Crippen LogP contribution in [-0.2, 0) is 0 Å². The van der Waals surface area contributed by atoms with Gasteiger partial charge in [0.05, 0.1) is 5.70 Å². The fourth-order valence-electron chi connectivity index (χ4n) is 0.800. The molecule has 0 heterocycles. The van der Waals surface area contributed by atoms with Crippen LogP contribution in [0.4, 0.5) is 0 Å². The van der Waals surface area contributed by atoms with Crippen LogP contribution in [0.2, 0.25) is 0 Å². The van der Waals surface area contributed by atoms with Crippen molar-refractivity contribution in [2.75, 3.05) is 0 Å². The number of nitrogens with zero attached hydrogens (tertiary/aromatic N) is 2. The molecule has 0 fully saturated rings. The molecule has 0 unspecified atom stereocenters. The van der Waals surface area contributed by atoms with E-state index in [1.807, 2.05) is 25.2 Å². The van der Waals surface area contributed by atoms with E-state index in [2.05, 4.69) is 10.1 Å². The zero-order chi connectivity index (χ0) is 8.10. The molecule has 3 nitrogen and oxygen atoms in total. The molecule has 0 atom stereocenters.